The number of aldehydes is 1. The molecule has 4 rings (SSSR count). The molecule has 7 heteroatoms. The molecular formula is C26H36BrN3O3. The van der Waals surface area contributed by atoms with Crippen LogP contribution >= 0.6 is 15.9 Å². The molecule has 1 atom stereocenters. The van der Waals surface area contributed by atoms with Crippen molar-refractivity contribution in [3.8, 4) is 0 Å². The molecule has 2 N–H and O–H groups in total. The van der Waals surface area contributed by atoms with E-state index < -0.39 is 0 Å². The van der Waals surface area contributed by atoms with Gasteiger partial charge in [-0.15, -0.1) is 0 Å². The lowest BCUT2D eigenvalue weighted by atomic mass is 9.89. The van der Waals surface area contributed by atoms with Crippen LogP contribution in [-0.4, -0.2) is 39.5 Å². The van der Waals surface area contributed by atoms with Crippen molar-refractivity contribution < 1.29 is 14.8 Å². The van der Waals surface area contributed by atoms with Crippen molar-refractivity contribution in [2.45, 2.75) is 89.8 Å². The number of nitrogens with zero attached hydrogens (tertiary/aromatic N) is 2. The summed E-state index contributed by atoms with van der Waals surface area (Å²) in [4.78, 5) is 25.3. The van der Waals surface area contributed by atoms with Gasteiger partial charge >= 0.3 is 0 Å². The summed E-state index contributed by atoms with van der Waals surface area (Å²) in [5, 5.41) is 10.7. The first kappa shape index (κ1) is 24.4. The number of unbranched alkanes of at least 4 members (excludes halogenated alkanes) is 3. The fraction of sp³-hybridized carbons (Fsp3) is 0.615. The van der Waals surface area contributed by atoms with Gasteiger partial charge in [0.25, 0.3) is 5.91 Å². The predicted molar refractivity (Wildman–Crippen MR) is 133 cm³/mol. The molecule has 1 amide bonds. The van der Waals surface area contributed by atoms with Gasteiger partial charge in [-0.05, 0) is 55.4 Å². The third kappa shape index (κ3) is 5.69. The molecule has 0 spiro atoms. The van der Waals surface area contributed by atoms with Gasteiger partial charge in [0.2, 0.25) is 0 Å². The lowest BCUT2D eigenvalue weighted by Crippen LogP contribution is -2.48. The Morgan fingerprint density at radius 2 is 2.03 bits per heavy atom. The summed E-state index contributed by atoms with van der Waals surface area (Å²) >= 11 is 3.66. The van der Waals surface area contributed by atoms with Gasteiger partial charge in [-0.2, -0.15) is 0 Å². The smallest absolute Gasteiger partial charge is 0.260 e. The van der Waals surface area contributed by atoms with Crippen LogP contribution in [0.5, 0.6) is 0 Å². The minimum Gasteiger partial charge on any atom is -0.344 e. The molecule has 1 aromatic heterocycles. The van der Waals surface area contributed by atoms with Crippen molar-refractivity contribution in [1.29, 1.82) is 0 Å². The van der Waals surface area contributed by atoms with Crippen LogP contribution in [0.15, 0.2) is 22.7 Å². The van der Waals surface area contributed by atoms with E-state index in [4.69, 9.17) is 0 Å². The Balaban J connectivity index is 1.58. The van der Waals surface area contributed by atoms with Gasteiger partial charge in [0.05, 0.1) is 6.04 Å². The first-order valence-electron chi connectivity index (χ1n) is 12.5. The third-order valence-electron chi connectivity index (χ3n) is 7.56. The van der Waals surface area contributed by atoms with Gasteiger partial charge < -0.3 is 9.36 Å². The van der Waals surface area contributed by atoms with Crippen LogP contribution in [0.3, 0.4) is 0 Å². The Morgan fingerprint density at radius 1 is 1.21 bits per heavy atom. The third-order valence-corrected chi connectivity index (χ3v) is 8.06. The number of carbonyl (C=O) groups excluding carboxylic acids is 2. The molecule has 1 aliphatic heterocycles. The molecule has 180 valence electrons. The average molecular weight is 518 g/mol. The fourth-order valence-electron chi connectivity index (χ4n) is 5.84. The number of fused-ring (bicyclic) bond motifs is 3. The number of benzene rings is 1. The number of amides is 1. The van der Waals surface area contributed by atoms with Crippen molar-refractivity contribution in [2.75, 3.05) is 6.54 Å². The van der Waals surface area contributed by atoms with Crippen LogP contribution < -0.4 is 5.48 Å². The molecule has 0 saturated heterocycles. The fourth-order valence-corrected chi connectivity index (χ4v) is 6.20. The van der Waals surface area contributed by atoms with Gasteiger partial charge in [0, 0.05) is 53.5 Å². The van der Waals surface area contributed by atoms with E-state index in [1.54, 1.807) is 0 Å². The zero-order valence-electron chi connectivity index (χ0n) is 19.4. The van der Waals surface area contributed by atoms with E-state index in [1.165, 1.54) is 54.3 Å². The maximum absolute atomic E-state index is 12.6. The molecule has 0 radical (unpaired) electrons. The standard InChI is InChI=1S/C26H36BrN3O3/c27-20-11-12-23-21(16-20)22-18-29(25(26(32)28-33)10-6-1-2-7-15-31)14-13-24(22)30(23)17-19-8-4-3-5-9-19/h11-12,15-16,19,25,33H,1-10,13-14,17-18H2,(H,28,32). The van der Waals surface area contributed by atoms with Crippen LogP contribution in [0.25, 0.3) is 10.9 Å². The molecule has 1 aromatic carbocycles. The number of hydrogen-bond acceptors (Lipinski definition) is 4. The number of halogens is 1. The van der Waals surface area contributed by atoms with Gasteiger partial charge in [0.1, 0.15) is 6.29 Å². The van der Waals surface area contributed by atoms with E-state index in [2.05, 4.69) is 43.6 Å². The SMILES string of the molecule is O=CCCCCCC(C(=O)NO)N1CCc2c(c3cc(Br)ccc3n2CC2CCCCC2)C1. The Labute approximate surface area is 204 Å². The second kappa shape index (κ2) is 11.6. The summed E-state index contributed by atoms with van der Waals surface area (Å²) in [5.41, 5.74) is 5.93. The largest absolute Gasteiger partial charge is 0.344 e. The molecule has 33 heavy (non-hydrogen) atoms. The van der Waals surface area contributed by atoms with Crippen LogP contribution in [-0.2, 0) is 29.1 Å². The van der Waals surface area contributed by atoms with Gasteiger partial charge in [-0.3, -0.25) is 14.9 Å². The summed E-state index contributed by atoms with van der Waals surface area (Å²) in [7, 11) is 0. The van der Waals surface area contributed by atoms with E-state index >= 15 is 0 Å². The second-order valence-corrected chi connectivity index (χ2v) is 10.6. The molecule has 0 bridgehead atoms. The molecule has 1 unspecified atom stereocenters. The lowest BCUT2D eigenvalue weighted by molar-refractivity contribution is -0.135. The van der Waals surface area contributed by atoms with Gasteiger partial charge in [-0.1, -0.05) is 48.0 Å². The zero-order valence-corrected chi connectivity index (χ0v) is 21.0. The molecule has 1 saturated carbocycles. The number of aromatic nitrogens is 1. The average Bonchev–Trinajstić information content (AvgIpc) is 3.13. The first-order chi connectivity index (χ1) is 16.1. The highest BCUT2D eigenvalue weighted by Crippen LogP contribution is 2.36. The number of carbonyl (C=O) groups is 2. The van der Waals surface area contributed by atoms with Crippen molar-refractivity contribution in [1.82, 2.24) is 14.9 Å². The van der Waals surface area contributed by atoms with Gasteiger partial charge in [-0.25, -0.2) is 5.48 Å². The Kier molecular flexibility index (Phi) is 8.61. The van der Waals surface area contributed by atoms with Gasteiger partial charge in [0.15, 0.2) is 0 Å². The van der Waals surface area contributed by atoms with E-state index in [0.29, 0.717) is 19.4 Å². The van der Waals surface area contributed by atoms with Crippen LogP contribution in [0, 0.1) is 5.92 Å². The topological polar surface area (TPSA) is 74.6 Å². The van der Waals surface area contributed by atoms with E-state index in [9.17, 15) is 14.8 Å². The molecular weight excluding hydrogens is 482 g/mol. The molecule has 1 aliphatic carbocycles. The van der Waals surface area contributed by atoms with E-state index in [-0.39, 0.29) is 11.9 Å². The Bertz CT molecular complexity index is 967. The molecule has 2 aromatic rings. The minimum absolute atomic E-state index is 0.332. The van der Waals surface area contributed by atoms with Crippen LogP contribution in [0.4, 0.5) is 0 Å². The Morgan fingerprint density at radius 3 is 2.79 bits per heavy atom. The maximum Gasteiger partial charge on any atom is 0.260 e. The molecule has 2 heterocycles. The zero-order chi connectivity index (χ0) is 23.2. The van der Waals surface area contributed by atoms with Crippen LogP contribution in [0.1, 0.15) is 75.5 Å². The highest BCUT2D eigenvalue weighted by atomic mass is 79.9. The predicted octanol–water partition coefficient (Wildman–Crippen LogP) is 5.37. The maximum atomic E-state index is 12.6. The van der Waals surface area contributed by atoms with Crippen LogP contribution in [0.2, 0.25) is 0 Å². The summed E-state index contributed by atoms with van der Waals surface area (Å²) in [5.74, 6) is 0.417. The minimum atomic E-state index is -0.358. The molecule has 1 fully saturated rings. The highest BCUT2D eigenvalue weighted by molar-refractivity contribution is 9.10. The monoisotopic (exact) mass is 517 g/mol. The van der Waals surface area contributed by atoms with E-state index in [0.717, 1.165) is 55.4 Å². The highest BCUT2D eigenvalue weighted by Gasteiger charge is 2.32. The van der Waals surface area contributed by atoms with Crippen molar-refractivity contribution in [3.63, 3.8) is 0 Å². The van der Waals surface area contributed by atoms with E-state index in [1.807, 2.05) is 5.48 Å². The normalized spacial score (nSPS) is 18.2. The summed E-state index contributed by atoms with van der Waals surface area (Å²) in [6.45, 7) is 2.61. The van der Waals surface area contributed by atoms with Crippen molar-refractivity contribution in [2.24, 2.45) is 5.92 Å². The van der Waals surface area contributed by atoms with Crippen molar-refractivity contribution in [3.05, 3.63) is 33.9 Å². The number of nitrogens with one attached hydrogen (secondary N) is 1. The summed E-state index contributed by atoms with van der Waals surface area (Å²) in [6.07, 6.45) is 12.4. The lowest BCUT2D eigenvalue weighted by Gasteiger charge is -2.34. The first-order valence-corrected chi connectivity index (χ1v) is 13.3. The number of rotatable bonds is 10. The molecule has 2 aliphatic rings. The molecule has 6 nitrogen and oxygen atoms in total. The second-order valence-electron chi connectivity index (χ2n) is 9.72. The Hall–Kier alpha value is -1.70. The summed E-state index contributed by atoms with van der Waals surface area (Å²) < 4.78 is 3.63. The quantitative estimate of drug-likeness (QED) is 0.192. The summed E-state index contributed by atoms with van der Waals surface area (Å²) in [6, 6.07) is 6.22. The number of hydroxylamine groups is 1. The number of hydrogen-bond donors (Lipinski definition) is 2. The van der Waals surface area contributed by atoms with Crippen molar-refractivity contribution >= 4 is 39.0 Å².